The molecule has 11 nitrogen and oxygen atoms in total. The summed E-state index contributed by atoms with van der Waals surface area (Å²) in [7, 11) is -4.03. The molecule has 1 aromatic carbocycles. The number of nitrogens with one attached hydrogen (secondary N) is 1. The molecule has 210 valence electrons. The maximum absolute atomic E-state index is 13.8. The van der Waals surface area contributed by atoms with Crippen LogP contribution in [0.3, 0.4) is 0 Å². The third-order valence-corrected chi connectivity index (χ3v) is 8.59. The topological polar surface area (TPSA) is 149 Å². The van der Waals surface area contributed by atoms with E-state index in [9.17, 15) is 24.4 Å². The Morgan fingerprint density at radius 1 is 1.34 bits per heavy atom. The zero-order valence-corrected chi connectivity index (χ0v) is 23.7. The summed E-state index contributed by atoms with van der Waals surface area (Å²) in [5, 5.41) is 22.2. The van der Waals surface area contributed by atoms with Crippen LogP contribution < -0.4 is 10.1 Å². The van der Waals surface area contributed by atoms with Crippen LogP contribution in [0.1, 0.15) is 39.8 Å². The summed E-state index contributed by atoms with van der Waals surface area (Å²) < 4.78 is 37.6. The Labute approximate surface area is 230 Å². The van der Waals surface area contributed by atoms with E-state index in [1.807, 2.05) is 6.92 Å². The standard InChI is InChI=1S/C24H32ClN2O9PS/c1-4-5-12-33-21(30)15(2)14-37(32,36-17-8-6-16(25)7-9-17)34-13-18-20(29)24(3,31)22(35-18)27-11-10-19(28)26-23(27)38/h6-11,15,18,20,22,29,31H,4-5,12-14H2,1-3H3,(H,26,28,38)/t15-,18-,20+,22-,24?,37-/m1/s1. The van der Waals surface area contributed by atoms with Gasteiger partial charge < -0.3 is 24.2 Å². The highest BCUT2D eigenvalue weighted by molar-refractivity contribution is 7.71. The Hall–Kier alpha value is -2.05. The largest absolute Gasteiger partial charge is 0.465 e. The van der Waals surface area contributed by atoms with Crippen LogP contribution in [-0.4, -0.2) is 62.9 Å². The molecule has 3 rings (SSSR count). The molecule has 1 aromatic heterocycles. The Bertz CT molecular complexity index is 1270. The summed E-state index contributed by atoms with van der Waals surface area (Å²) in [6, 6.07) is 7.29. The number of aliphatic hydroxyl groups is 2. The second-order valence-corrected chi connectivity index (χ2v) is 12.1. The van der Waals surface area contributed by atoms with Crippen LogP contribution in [0.2, 0.25) is 5.02 Å². The highest BCUT2D eigenvalue weighted by atomic mass is 35.5. The summed E-state index contributed by atoms with van der Waals surface area (Å²) in [6.45, 7) is 4.65. The number of aromatic amines is 1. The van der Waals surface area contributed by atoms with Gasteiger partial charge in [-0.2, -0.15) is 0 Å². The van der Waals surface area contributed by atoms with E-state index in [0.29, 0.717) is 11.4 Å². The summed E-state index contributed by atoms with van der Waals surface area (Å²) in [4.78, 5) is 26.4. The molecule has 0 amide bonds. The van der Waals surface area contributed by atoms with Crippen molar-refractivity contribution in [2.24, 2.45) is 5.92 Å². The van der Waals surface area contributed by atoms with E-state index in [4.69, 9.17) is 42.3 Å². The van der Waals surface area contributed by atoms with Crippen LogP contribution in [-0.2, 0) is 23.4 Å². The number of aromatic nitrogens is 2. The number of halogens is 1. The van der Waals surface area contributed by atoms with Gasteiger partial charge in [0.2, 0.25) is 0 Å². The van der Waals surface area contributed by atoms with E-state index in [-0.39, 0.29) is 23.3 Å². The second-order valence-electron chi connectivity index (χ2n) is 9.27. The lowest BCUT2D eigenvalue weighted by Crippen LogP contribution is -2.44. The molecule has 1 aliphatic rings. The molecule has 2 aromatic rings. The van der Waals surface area contributed by atoms with E-state index in [1.54, 1.807) is 19.1 Å². The zero-order valence-electron chi connectivity index (χ0n) is 21.2. The van der Waals surface area contributed by atoms with Crippen molar-refractivity contribution in [1.29, 1.82) is 0 Å². The lowest BCUT2D eigenvalue weighted by Gasteiger charge is -2.28. The number of aliphatic hydroxyl groups excluding tert-OH is 1. The lowest BCUT2D eigenvalue weighted by molar-refractivity contribution is -0.147. The number of unbranched alkanes of at least 4 members (excludes halogenated alkanes) is 1. The lowest BCUT2D eigenvalue weighted by atomic mass is 9.96. The molecular weight excluding hydrogens is 559 g/mol. The number of esters is 1. The molecule has 1 saturated heterocycles. The van der Waals surface area contributed by atoms with E-state index in [1.165, 1.54) is 35.9 Å². The van der Waals surface area contributed by atoms with Gasteiger partial charge in [0.05, 0.1) is 25.3 Å². The smallest absolute Gasteiger partial charge is 0.380 e. The Morgan fingerprint density at radius 2 is 2.03 bits per heavy atom. The summed E-state index contributed by atoms with van der Waals surface area (Å²) in [5.74, 6) is -1.18. The van der Waals surface area contributed by atoms with Crippen molar-refractivity contribution in [2.75, 3.05) is 19.4 Å². The molecule has 0 bridgehead atoms. The van der Waals surface area contributed by atoms with Crippen molar-refractivity contribution in [3.63, 3.8) is 0 Å². The predicted octanol–water partition coefficient (Wildman–Crippen LogP) is 3.84. The first-order chi connectivity index (χ1) is 17.9. The molecular formula is C24H32ClN2O9PS. The van der Waals surface area contributed by atoms with Crippen molar-refractivity contribution in [1.82, 2.24) is 9.55 Å². The van der Waals surface area contributed by atoms with Gasteiger partial charge in [-0.25, -0.2) is 4.57 Å². The molecule has 0 radical (unpaired) electrons. The van der Waals surface area contributed by atoms with Crippen molar-refractivity contribution in [3.05, 3.63) is 56.7 Å². The fourth-order valence-corrected chi connectivity index (χ4v) is 6.07. The van der Waals surface area contributed by atoms with Crippen LogP contribution in [0.25, 0.3) is 0 Å². The first kappa shape index (κ1) is 30.5. The van der Waals surface area contributed by atoms with Gasteiger partial charge in [0.15, 0.2) is 11.0 Å². The Morgan fingerprint density at radius 3 is 2.66 bits per heavy atom. The van der Waals surface area contributed by atoms with Crippen LogP contribution in [0.4, 0.5) is 0 Å². The van der Waals surface area contributed by atoms with Gasteiger partial charge in [0, 0.05) is 17.3 Å². The van der Waals surface area contributed by atoms with Gasteiger partial charge in [-0.05, 0) is 49.8 Å². The quantitative estimate of drug-likeness (QED) is 0.144. The highest BCUT2D eigenvalue weighted by Crippen LogP contribution is 2.51. The van der Waals surface area contributed by atoms with Crippen molar-refractivity contribution < 1.29 is 38.1 Å². The number of hydrogen-bond donors (Lipinski definition) is 3. The molecule has 38 heavy (non-hydrogen) atoms. The average molecular weight is 591 g/mol. The van der Waals surface area contributed by atoms with Gasteiger partial charge in [-0.1, -0.05) is 31.9 Å². The molecule has 0 spiro atoms. The number of carbonyl (C=O) groups is 1. The fourth-order valence-electron chi connectivity index (χ4n) is 3.82. The van der Waals surface area contributed by atoms with E-state index >= 15 is 0 Å². The number of nitrogens with zero attached hydrogens (tertiary/aromatic N) is 1. The van der Waals surface area contributed by atoms with Gasteiger partial charge in [-0.15, -0.1) is 0 Å². The molecule has 1 aliphatic heterocycles. The fraction of sp³-hybridized carbons (Fsp3) is 0.542. The van der Waals surface area contributed by atoms with E-state index < -0.39 is 55.7 Å². The third kappa shape index (κ3) is 7.53. The number of carbonyl (C=O) groups excluding carboxylic acids is 1. The van der Waals surface area contributed by atoms with Gasteiger partial charge in [0.25, 0.3) is 5.56 Å². The van der Waals surface area contributed by atoms with Gasteiger partial charge >= 0.3 is 13.6 Å². The first-order valence-corrected chi connectivity index (χ1v) is 14.6. The van der Waals surface area contributed by atoms with Crippen LogP contribution in [0.5, 0.6) is 5.75 Å². The number of H-pyrrole nitrogens is 1. The van der Waals surface area contributed by atoms with Gasteiger partial charge in [-0.3, -0.25) is 23.7 Å². The molecule has 6 atom stereocenters. The van der Waals surface area contributed by atoms with Crippen molar-refractivity contribution in [2.45, 2.75) is 57.6 Å². The minimum atomic E-state index is -4.03. The minimum absolute atomic E-state index is 0.0244. The average Bonchev–Trinajstić information content (AvgIpc) is 3.08. The molecule has 0 saturated carbocycles. The first-order valence-electron chi connectivity index (χ1n) is 12.1. The van der Waals surface area contributed by atoms with Crippen molar-refractivity contribution in [3.8, 4) is 5.75 Å². The minimum Gasteiger partial charge on any atom is -0.465 e. The number of hydrogen-bond acceptors (Lipinski definition) is 10. The normalized spacial score (nSPS) is 25.5. The molecule has 0 aliphatic carbocycles. The Kier molecular flexibility index (Phi) is 10.3. The number of ether oxygens (including phenoxy) is 2. The monoisotopic (exact) mass is 590 g/mol. The third-order valence-electron chi connectivity index (χ3n) is 5.99. The zero-order chi connectivity index (χ0) is 28.1. The number of benzene rings is 1. The molecule has 2 heterocycles. The predicted molar refractivity (Wildman–Crippen MR) is 142 cm³/mol. The number of rotatable bonds is 12. The Balaban J connectivity index is 1.78. The summed E-state index contributed by atoms with van der Waals surface area (Å²) in [5.41, 5.74) is -2.28. The van der Waals surface area contributed by atoms with Crippen LogP contribution in [0.15, 0.2) is 41.3 Å². The SMILES string of the molecule is CCCCOC(=O)[C@H](C)C[P@@](=O)(OC[C@H]1O[C@@H](n2ccc(=O)[nH]c2=S)C(C)(O)[C@H]1O)Oc1ccc(Cl)cc1. The summed E-state index contributed by atoms with van der Waals surface area (Å²) >= 11 is 11.1. The van der Waals surface area contributed by atoms with Crippen molar-refractivity contribution >= 4 is 37.4 Å². The molecule has 3 N–H and O–H groups in total. The maximum Gasteiger partial charge on any atom is 0.380 e. The van der Waals surface area contributed by atoms with Crippen LogP contribution >= 0.6 is 31.4 Å². The highest BCUT2D eigenvalue weighted by Gasteiger charge is 2.53. The molecule has 1 unspecified atom stereocenters. The summed E-state index contributed by atoms with van der Waals surface area (Å²) in [6.07, 6.45) is -1.25. The van der Waals surface area contributed by atoms with E-state index in [0.717, 1.165) is 6.42 Å². The maximum atomic E-state index is 13.8. The molecule has 14 heteroatoms. The van der Waals surface area contributed by atoms with Crippen LogP contribution in [0, 0.1) is 10.7 Å². The van der Waals surface area contributed by atoms with Gasteiger partial charge in [0.1, 0.15) is 23.6 Å². The second kappa shape index (κ2) is 12.9. The van der Waals surface area contributed by atoms with E-state index in [2.05, 4.69) is 4.98 Å². The molecule has 1 fully saturated rings.